The Balaban J connectivity index is 2.41. The van der Waals surface area contributed by atoms with Crippen LogP contribution in [0.5, 0.6) is 0 Å². The maximum absolute atomic E-state index is 12.8. The SMILES string of the molecule is CCN(CC)C(=O)C(OS(=O)(=O)c1ccc([N+](=O)[O-])cc1)C(=O)c1ccccc1. The van der Waals surface area contributed by atoms with E-state index in [0.29, 0.717) is 0 Å². The summed E-state index contributed by atoms with van der Waals surface area (Å²) in [4.78, 5) is 36.6. The molecule has 29 heavy (non-hydrogen) atoms. The molecule has 0 fully saturated rings. The van der Waals surface area contributed by atoms with Crippen molar-refractivity contribution >= 4 is 27.5 Å². The van der Waals surface area contributed by atoms with E-state index in [9.17, 15) is 28.1 Å². The molecular formula is C19H20N2O7S. The summed E-state index contributed by atoms with van der Waals surface area (Å²) in [5.41, 5.74) is -0.183. The summed E-state index contributed by atoms with van der Waals surface area (Å²) in [7, 11) is -4.54. The minimum Gasteiger partial charge on any atom is -0.341 e. The monoisotopic (exact) mass is 420 g/mol. The van der Waals surface area contributed by atoms with Crippen molar-refractivity contribution in [3.63, 3.8) is 0 Å². The summed E-state index contributed by atoms with van der Waals surface area (Å²) in [5, 5.41) is 10.7. The van der Waals surface area contributed by atoms with Gasteiger partial charge in [0.25, 0.3) is 21.7 Å². The van der Waals surface area contributed by atoms with Crippen LogP contribution in [0.2, 0.25) is 0 Å². The minimum absolute atomic E-state index is 0.122. The van der Waals surface area contributed by atoms with Gasteiger partial charge in [-0.2, -0.15) is 8.42 Å². The molecule has 10 heteroatoms. The first-order valence-electron chi connectivity index (χ1n) is 8.77. The Morgan fingerprint density at radius 1 is 1.03 bits per heavy atom. The number of nitro benzene ring substituents is 1. The average molecular weight is 420 g/mol. The molecule has 0 aliphatic rings. The average Bonchev–Trinajstić information content (AvgIpc) is 2.73. The van der Waals surface area contributed by atoms with Gasteiger partial charge in [0.05, 0.1) is 9.82 Å². The van der Waals surface area contributed by atoms with Crippen LogP contribution in [-0.4, -0.2) is 49.1 Å². The van der Waals surface area contributed by atoms with Crippen molar-refractivity contribution < 1.29 is 27.1 Å². The summed E-state index contributed by atoms with van der Waals surface area (Å²) < 4.78 is 30.3. The van der Waals surface area contributed by atoms with Crippen LogP contribution in [0.4, 0.5) is 5.69 Å². The molecule has 0 bridgehead atoms. The first-order chi connectivity index (χ1) is 13.7. The van der Waals surface area contributed by atoms with Crippen molar-refractivity contribution in [2.24, 2.45) is 0 Å². The number of likely N-dealkylation sites (N-methyl/N-ethyl adjacent to an activating group) is 1. The smallest absolute Gasteiger partial charge is 0.298 e. The van der Waals surface area contributed by atoms with Gasteiger partial charge in [-0.15, -0.1) is 0 Å². The van der Waals surface area contributed by atoms with Crippen LogP contribution in [0.15, 0.2) is 59.5 Å². The number of hydrogen-bond acceptors (Lipinski definition) is 7. The van der Waals surface area contributed by atoms with E-state index in [1.165, 1.54) is 17.0 Å². The zero-order valence-corrected chi connectivity index (χ0v) is 16.7. The number of rotatable bonds is 9. The molecule has 0 saturated carbocycles. The molecule has 0 aliphatic carbocycles. The van der Waals surface area contributed by atoms with E-state index in [1.54, 1.807) is 32.0 Å². The number of carbonyl (C=O) groups excluding carboxylic acids is 2. The van der Waals surface area contributed by atoms with Gasteiger partial charge in [0.15, 0.2) is 0 Å². The largest absolute Gasteiger partial charge is 0.341 e. The van der Waals surface area contributed by atoms with Crippen LogP contribution in [0, 0.1) is 10.1 Å². The van der Waals surface area contributed by atoms with Gasteiger partial charge in [-0.3, -0.25) is 19.7 Å². The van der Waals surface area contributed by atoms with Gasteiger partial charge in [-0.05, 0) is 26.0 Å². The van der Waals surface area contributed by atoms with Crippen molar-refractivity contribution in [3.8, 4) is 0 Å². The van der Waals surface area contributed by atoms with E-state index < -0.39 is 37.7 Å². The molecule has 0 aromatic heterocycles. The third-order valence-corrected chi connectivity index (χ3v) is 5.45. The Hall–Kier alpha value is -3.11. The first kappa shape index (κ1) is 22.2. The quantitative estimate of drug-likeness (QED) is 0.201. The molecule has 9 nitrogen and oxygen atoms in total. The highest BCUT2D eigenvalue weighted by Gasteiger charge is 2.36. The van der Waals surface area contributed by atoms with Crippen molar-refractivity contribution in [2.75, 3.05) is 13.1 Å². The molecule has 154 valence electrons. The molecule has 0 radical (unpaired) electrons. The highest BCUT2D eigenvalue weighted by atomic mass is 32.2. The Labute approximate surface area is 168 Å². The number of ketones is 1. The first-order valence-corrected chi connectivity index (χ1v) is 10.2. The number of nitrogens with zero attached hydrogens (tertiary/aromatic N) is 2. The van der Waals surface area contributed by atoms with Gasteiger partial charge in [0, 0.05) is 30.8 Å². The molecule has 0 spiro atoms. The van der Waals surface area contributed by atoms with Crippen molar-refractivity contribution in [2.45, 2.75) is 24.8 Å². The maximum atomic E-state index is 12.8. The second kappa shape index (κ2) is 9.39. The normalized spacial score (nSPS) is 12.2. The third-order valence-electron chi connectivity index (χ3n) is 4.15. The van der Waals surface area contributed by atoms with E-state index in [2.05, 4.69) is 0 Å². The Bertz CT molecular complexity index is 985. The molecule has 2 aromatic rings. The zero-order chi connectivity index (χ0) is 21.6. The lowest BCUT2D eigenvalue weighted by Gasteiger charge is -2.24. The van der Waals surface area contributed by atoms with Gasteiger partial charge in [0.2, 0.25) is 11.9 Å². The lowest BCUT2D eigenvalue weighted by Crippen LogP contribution is -2.45. The minimum atomic E-state index is -4.54. The van der Waals surface area contributed by atoms with Crippen molar-refractivity contribution in [1.82, 2.24) is 4.90 Å². The second-order valence-corrected chi connectivity index (χ2v) is 7.49. The Kier molecular flexibility index (Phi) is 7.18. The number of non-ortho nitro benzene ring substituents is 1. The standard InChI is InChI=1S/C19H20N2O7S/c1-3-20(4-2)19(23)18(17(22)14-8-6-5-7-9-14)28-29(26,27)16-12-10-15(11-13-16)21(24)25/h5-13,18H,3-4H2,1-2H3. The van der Waals surface area contributed by atoms with E-state index in [1.807, 2.05) is 0 Å². The zero-order valence-electron chi connectivity index (χ0n) is 15.8. The van der Waals surface area contributed by atoms with Gasteiger partial charge < -0.3 is 4.90 Å². The molecule has 1 amide bonds. The number of carbonyl (C=O) groups is 2. The molecule has 2 aromatic carbocycles. The Morgan fingerprint density at radius 3 is 2.07 bits per heavy atom. The van der Waals surface area contributed by atoms with Crippen LogP contribution in [0.3, 0.4) is 0 Å². The number of nitro groups is 1. The second-order valence-electron chi connectivity index (χ2n) is 5.92. The number of benzene rings is 2. The molecule has 0 heterocycles. The van der Waals surface area contributed by atoms with Crippen molar-refractivity contribution in [3.05, 3.63) is 70.3 Å². The van der Waals surface area contributed by atoms with E-state index in [-0.39, 0.29) is 24.3 Å². The third kappa shape index (κ3) is 5.24. The summed E-state index contributed by atoms with van der Waals surface area (Å²) in [5.74, 6) is -1.58. The van der Waals surface area contributed by atoms with Crippen LogP contribution in [0.1, 0.15) is 24.2 Å². The number of Topliss-reactive ketones (excluding diaryl/α,β-unsaturated/α-hetero) is 1. The molecule has 2 rings (SSSR count). The molecule has 0 saturated heterocycles. The summed E-state index contributed by atoms with van der Waals surface area (Å²) in [6.07, 6.45) is -1.91. The van der Waals surface area contributed by atoms with Crippen molar-refractivity contribution in [1.29, 1.82) is 0 Å². The van der Waals surface area contributed by atoms with Gasteiger partial charge >= 0.3 is 0 Å². The van der Waals surface area contributed by atoms with Gasteiger partial charge in [0.1, 0.15) is 0 Å². The Morgan fingerprint density at radius 2 is 1.59 bits per heavy atom. The van der Waals surface area contributed by atoms with Gasteiger partial charge in [-0.25, -0.2) is 4.18 Å². The lowest BCUT2D eigenvalue weighted by molar-refractivity contribution is -0.384. The summed E-state index contributed by atoms with van der Waals surface area (Å²) in [6.45, 7) is 3.90. The molecular weight excluding hydrogens is 400 g/mol. The van der Waals surface area contributed by atoms with Crippen LogP contribution in [-0.2, 0) is 19.1 Å². The predicted molar refractivity (Wildman–Crippen MR) is 104 cm³/mol. The summed E-state index contributed by atoms with van der Waals surface area (Å²) in [6, 6.07) is 11.7. The van der Waals surface area contributed by atoms with Crippen LogP contribution >= 0.6 is 0 Å². The molecule has 0 aliphatic heterocycles. The topological polar surface area (TPSA) is 124 Å². The summed E-state index contributed by atoms with van der Waals surface area (Å²) >= 11 is 0. The molecule has 1 unspecified atom stereocenters. The van der Waals surface area contributed by atoms with E-state index in [0.717, 1.165) is 24.3 Å². The fourth-order valence-corrected chi connectivity index (χ4v) is 3.57. The lowest BCUT2D eigenvalue weighted by atomic mass is 10.1. The predicted octanol–water partition coefficient (Wildman–Crippen LogP) is 2.42. The fourth-order valence-electron chi connectivity index (χ4n) is 2.57. The number of hydrogen-bond donors (Lipinski definition) is 0. The highest BCUT2D eigenvalue weighted by Crippen LogP contribution is 2.21. The highest BCUT2D eigenvalue weighted by molar-refractivity contribution is 7.86. The van der Waals surface area contributed by atoms with Crippen LogP contribution < -0.4 is 0 Å². The number of amides is 1. The van der Waals surface area contributed by atoms with E-state index in [4.69, 9.17) is 4.18 Å². The molecule has 1 atom stereocenters. The molecule has 0 N–H and O–H groups in total. The van der Waals surface area contributed by atoms with Crippen LogP contribution in [0.25, 0.3) is 0 Å². The van der Waals surface area contributed by atoms with E-state index >= 15 is 0 Å². The maximum Gasteiger partial charge on any atom is 0.298 e. The fraction of sp³-hybridized carbons (Fsp3) is 0.263. The van der Waals surface area contributed by atoms with Gasteiger partial charge in [-0.1, -0.05) is 30.3 Å².